The van der Waals surface area contributed by atoms with Crippen molar-refractivity contribution >= 4 is 21.9 Å². The summed E-state index contributed by atoms with van der Waals surface area (Å²) in [5.41, 5.74) is 2.26. The van der Waals surface area contributed by atoms with Crippen LogP contribution in [0.15, 0.2) is 51.9 Å². The molecule has 0 aliphatic rings. The fourth-order valence-electron chi connectivity index (χ4n) is 2.48. The van der Waals surface area contributed by atoms with Gasteiger partial charge in [0, 0.05) is 13.6 Å². The maximum Gasteiger partial charge on any atom is 0.191 e. The van der Waals surface area contributed by atoms with Crippen molar-refractivity contribution < 1.29 is 9.47 Å². The van der Waals surface area contributed by atoms with E-state index in [1.807, 2.05) is 30.3 Å². The van der Waals surface area contributed by atoms with Crippen LogP contribution >= 0.6 is 15.9 Å². The highest BCUT2D eigenvalue weighted by atomic mass is 79.9. The second-order valence-corrected chi connectivity index (χ2v) is 6.37. The SMILES string of the molecule is CN=C(NCc1cc(Br)c(OC)c(OC)c1)NC(C)c1ccccc1. The Morgan fingerprint density at radius 3 is 2.48 bits per heavy atom. The largest absolute Gasteiger partial charge is 0.493 e. The number of rotatable bonds is 6. The van der Waals surface area contributed by atoms with Gasteiger partial charge in [0.15, 0.2) is 17.5 Å². The normalized spacial score (nSPS) is 12.4. The third-order valence-electron chi connectivity index (χ3n) is 3.83. The molecule has 0 aromatic heterocycles. The van der Waals surface area contributed by atoms with Gasteiger partial charge in [-0.15, -0.1) is 0 Å². The summed E-state index contributed by atoms with van der Waals surface area (Å²) in [4.78, 5) is 4.29. The highest BCUT2D eigenvalue weighted by Crippen LogP contribution is 2.36. The molecule has 0 bridgehead atoms. The lowest BCUT2D eigenvalue weighted by atomic mass is 10.1. The number of methoxy groups -OCH3 is 2. The minimum atomic E-state index is 0.157. The minimum Gasteiger partial charge on any atom is -0.493 e. The van der Waals surface area contributed by atoms with Gasteiger partial charge in [0.05, 0.1) is 24.7 Å². The molecule has 134 valence electrons. The van der Waals surface area contributed by atoms with Gasteiger partial charge in [-0.3, -0.25) is 4.99 Å². The third kappa shape index (κ3) is 5.13. The van der Waals surface area contributed by atoms with Crippen molar-refractivity contribution in [3.05, 3.63) is 58.1 Å². The van der Waals surface area contributed by atoms with Crippen molar-refractivity contribution in [3.63, 3.8) is 0 Å². The number of nitrogens with one attached hydrogen (secondary N) is 2. The van der Waals surface area contributed by atoms with E-state index in [1.54, 1.807) is 21.3 Å². The minimum absolute atomic E-state index is 0.157. The molecule has 0 aliphatic carbocycles. The van der Waals surface area contributed by atoms with Crippen LogP contribution in [0.3, 0.4) is 0 Å². The van der Waals surface area contributed by atoms with Gasteiger partial charge in [0.2, 0.25) is 0 Å². The van der Waals surface area contributed by atoms with Crippen LogP contribution in [0.25, 0.3) is 0 Å². The first-order valence-electron chi connectivity index (χ1n) is 8.01. The van der Waals surface area contributed by atoms with Gasteiger partial charge < -0.3 is 20.1 Å². The van der Waals surface area contributed by atoms with Gasteiger partial charge in [0.25, 0.3) is 0 Å². The Balaban J connectivity index is 2.02. The van der Waals surface area contributed by atoms with E-state index in [0.29, 0.717) is 18.0 Å². The quantitative estimate of drug-likeness (QED) is 0.565. The summed E-state index contributed by atoms with van der Waals surface area (Å²) in [5, 5.41) is 6.71. The molecular weight excluding hydrogens is 382 g/mol. The van der Waals surface area contributed by atoms with E-state index in [9.17, 15) is 0 Å². The Kier molecular flexibility index (Phi) is 7.13. The smallest absolute Gasteiger partial charge is 0.191 e. The van der Waals surface area contributed by atoms with Crippen LogP contribution in [0.2, 0.25) is 0 Å². The van der Waals surface area contributed by atoms with Crippen molar-refractivity contribution in [2.24, 2.45) is 4.99 Å². The van der Waals surface area contributed by atoms with Crippen molar-refractivity contribution in [2.45, 2.75) is 19.5 Å². The Morgan fingerprint density at radius 2 is 1.88 bits per heavy atom. The molecule has 5 nitrogen and oxygen atoms in total. The molecule has 2 aromatic carbocycles. The number of hydrogen-bond donors (Lipinski definition) is 2. The number of ether oxygens (including phenoxy) is 2. The number of nitrogens with zero attached hydrogens (tertiary/aromatic N) is 1. The number of halogens is 1. The highest BCUT2D eigenvalue weighted by Gasteiger charge is 2.11. The third-order valence-corrected chi connectivity index (χ3v) is 4.42. The van der Waals surface area contributed by atoms with Gasteiger partial charge in [-0.05, 0) is 46.1 Å². The molecule has 0 amide bonds. The lowest BCUT2D eigenvalue weighted by Gasteiger charge is -2.19. The zero-order chi connectivity index (χ0) is 18.2. The predicted molar refractivity (Wildman–Crippen MR) is 105 cm³/mol. The molecular formula is C19H24BrN3O2. The van der Waals surface area contributed by atoms with Gasteiger partial charge >= 0.3 is 0 Å². The zero-order valence-electron chi connectivity index (χ0n) is 15.0. The molecule has 6 heteroatoms. The summed E-state index contributed by atoms with van der Waals surface area (Å²) in [7, 11) is 5.01. The molecule has 25 heavy (non-hydrogen) atoms. The zero-order valence-corrected chi connectivity index (χ0v) is 16.6. The fraction of sp³-hybridized carbons (Fsp3) is 0.316. The van der Waals surface area contributed by atoms with Crippen molar-refractivity contribution in [1.82, 2.24) is 10.6 Å². The second-order valence-electron chi connectivity index (χ2n) is 5.52. The van der Waals surface area contributed by atoms with E-state index in [1.165, 1.54) is 5.56 Å². The lowest BCUT2D eigenvalue weighted by Crippen LogP contribution is -2.38. The Morgan fingerprint density at radius 1 is 1.16 bits per heavy atom. The van der Waals surface area contributed by atoms with Gasteiger partial charge in [0.1, 0.15) is 0 Å². The molecule has 0 heterocycles. The first-order chi connectivity index (χ1) is 12.1. The summed E-state index contributed by atoms with van der Waals surface area (Å²) in [6.45, 7) is 2.72. The molecule has 1 unspecified atom stereocenters. The van der Waals surface area contributed by atoms with Crippen LogP contribution in [0, 0.1) is 0 Å². The maximum absolute atomic E-state index is 5.38. The molecule has 0 fully saturated rings. The lowest BCUT2D eigenvalue weighted by molar-refractivity contribution is 0.352. The van der Waals surface area contributed by atoms with E-state index in [0.717, 1.165) is 16.0 Å². The van der Waals surface area contributed by atoms with Gasteiger partial charge in [-0.1, -0.05) is 30.3 Å². The summed E-state index contributed by atoms with van der Waals surface area (Å²) in [6, 6.07) is 14.4. The maximum atomic E-state index is 5.38. The van der Waals surface area contributed by atoms with E-state index in [-0.39, 0.29) is 6.04 Å². The topological polar surface area (TPSA) is 54.9 Å². The van der Waals surface area contributed by atoms with Crippen molar-refractivity contribution in [1.29, 1.82) is 0 Å². The number of hydrogen-bond acceptors (Lipinski definition) is 3. The van der Waals surface area contributed by atoms with Crippen LogP contribution in [0.5, 0.6) is 11.5 Å². The van der Waals surface area contributed by atoms with E-state index < -0.39 is 0 Å². The predicted octanol–water partition coefficient (Wildman–Crippen LogP) is 3.89. The van der Waals surface area contributed by atoms with Crippen LogP contribution in [-0.4, -0.2) is 27.2 Å². The first-order valence-corrected chi connectivity index (χ1v) is 8.80. The summed E-state index contributed by atoms with van der Waals surface area (Å²) >= 11 is 3.52. The molecule has 0 spiro atoms. The second kappa shape index (κ2) is 9.32. The van der Waals surface area contributed by atoms with E-state index in [2.05, 4.69) is 50.6 Å². The molecule has 0 aliphatic heterocycles. The molecule has 2 rings (SSSR count). The van der Waals surface area contributed by atoms with Crippen LogP contribution in [0.4, 0.5) is 0 Å². The average Bonchev–Trinajstić information content (AvgIpc) is 2.65. The molecule has 1 atom stereocenters. The molecule has 0 radical (unpaired) electrons. The van der Waals surface area contributed by atoms with Crippen molar-refractivity contribution in [3.8, 4) is 11.5 Å². The average molecular weight is 406 g/mol. The van der Waals surface area contributed by atoms with Crippen LogP contribution in [0.1, 0.15) is 24.1 Å². The van der Waals surface area contributed by atoms with E-state index in [4.69, 9.17) is 9.47 Å². The fourth-order valence-corrected chi connectivity index (χ4v) is 3.14. The molecule has 0 saturated heterocycles. The first kappa shape index (κ1) is 19.1. The monoisotopic (exact) mass is 405 g/mol. The molecule has 0 saturated carbocycles. The molecule has 2 aromatic rings. The highest BCUT2D eigenvalue weighted by molar-refractivity contribution is 9.10. The van der Waals surface area contributed by atoms with Crippen LogP contribution in [-0.2, 0) is 6.54 Å². The summed E-state index contributed by atoms with van der Waals surface area (Å²) in [6.07, 6.45) is 0. The Bertz CT molecular complexity index is 720. The molecule has 2 N–H and O–H groups in total. The van der Waals surface area contributed by atoms with Crippen molar-refractivity contribution in [2.75, 3.05) is 21.3 Å². The number of aliphatic imine (C=N–C) groups is 1. The number of guanidine groups is 1. The summed E-state index contributed by atoms with van der Waals surface area (Å²) < 4.78 is 11.6. The Labute approximate surface area is 157 Å². The van der Waals surface area contributed by atoms with Gasteiger partial charge in [-0.2, -0.15) is 0 Å². The standard InChI is InChI=1S/C19H24BrN3O2/c1-13(15-8-6-5-7-9-15)23-19(21-2)22-12-14-10-16(20)18(25-4)17(11-14)24-3/h5-11,13H,12H2,1-4H3,(H2,21,22,23). The van der Waals surface area contributed by atoms with E-state index >= 15 is 0 Å². The number of benzene rings is 2. The summed E-state index contributed by atoms with van der Waals surface area (Å²) in [5.74, 6) is 2.11. The Hall–Kier alpha value is -2.21. The van der Waals surface area contributed by atoms with Gasteiger partial charge in [-0.25, -0.2) is 0 Å². The van der Waals surface area contributed by atoms with Crippen LogP contribution < -0.4 is 20.1 Å².